The molecule has 0 saturated carbocycles. The van der Waals surface area contributed by atoms with Crippen molar-refractivity contribution in [2.75, 3.05) is 20.3 Å². The summed E-state index contributed by atoms with van der Waals surface area (Å²) in [6, 6.07) is 10.2. The summed E-state index contributed by atoms with van der Waals surface area (Å²) in [6.07, 6.45) is 1.50. The van der Waals surface area contributed by atoms with Crippen LogP contribution in [0.2, 0.25) is 5.02 Å². The number of halogens is 1. The molecule has 0 aliphatic heterocycles. The van der Waals surface area contributed by atoms with Crippen LogP contribution < -0.4 is 19.6 Å². The Morgan fingerprint density at radius 3 is 2.42 bits per heavy atom. The maximum Gasteiger partial charge on any atom is 0.271 e. The van der Waals surface area contributed by atoms with E-state index in [-0.39, 0.29) is 5.91 Å². The Kier molecular flexibility index (Phi) is 7.29. The number of nitrogens with zero attached hydrogens (tertiary/aromatic N) is 1. The van der Waals surface area contributed by atoms with Crippen molar-refractivity contribution in [1.29, 1.82) is 0 Å². The van der Waals surface area contributed by atoms with Gasteiger partial charge in [0.2, 0.25) is 0 Å². The van der Waals surface area contributed by atoms with Gasteiger partial charge in [-0.05, 0) is 55.8 Å². The second-order valence-corrected chi connectivity index (χ2v) is 5.53. The minimum Gasteiger partial charge on any atom is -0.495 e. The molecule has 0 unspecified atom stereocenters. The van der Waals surface area contributed by atoms with Crippen LogP contribution >= 0.6 is 11.6 Å². The quantitative estimate of drug-likeness (QED) is 0.560. The average molecular weight is 377 g/mol. The largest absolute Gasteiger partial charge is 0.495 e. The zero-order valence-electron chi connectivity index (χ0n) is 14.9. The predicted molar refractivity (Wildman–Crippen MR) is 102 cm³/mol. The van der Waals surface area contributed by atoms with E-state index in [0.717, 1.165) is 5.56 Å². The number of carbonyl (C=O) groups excluding carboxylic acids is 1. The first-order valence-corrected chi connectivity index (χ1v) is 8.53. The maximum absolute atomic E-state index is 12.3. The van der Waals surface area contributed by atoms with E-state index in [4.69, 9.17) is 25.8 Å². The number of ether oxygens (including phenoxy) is 3. The van der Waals surface area contributed by atoms with Gasteiger partial charge < -0.3 is 14.2 Å². The van der Waals surface area contributed by atoms with E-state index in [1.807, 2.05) is 13.8 Å². The molecule has 7 heteroatoms. The zero-order chi connectivity index (χ0) is 18.9. The highest BCUT2D eigenvalue weighted by atomic mass is 35.5. The lowest BCUT2D eigenvalue weighted by Crippen LogP contribution is -2.17. The van der Waals surface area contributed by atoms with Gasteiger partial charge in [0, 0.05) is 5.56 Å². The highest BCUT2D eigenvalue weighted by Crippen LogP contribution is 2.28. The van der Waals surface area contributed by atoms with Crippen molar-refractivity contribution in [1.82, 2.24) is 5.43 Å². The summed E-state index contributed by atoms with van der Waals surface area (Å²) in [5.41, 5.74) is 3.63. The molecule has 0 atom stereocenters. The lowest BCUT2D eigenvalue weighted by molar-refractivity contribution is 0.0954. The number of rotatable bonds is 8. The molecule has 1 N–H and O–H groups in total. The number of methoxy groups -OCH3 is 1. The minimum atomic E-state index is -0.357. The second-order valence-electron chi connectivity index (χ2n) is 5.12. The van der Waals surface area contributed by atoms with Crippen LogP contribution in [0.3, 0.4) is 0 Å². The monoisotopic (exact) mass is 376 g/mol. The lowest BCUT2D eigenvalue weighted by atomic mass is 10.2. The molecule has 0 aromatic heterocycles. The molecule has 0 aliphatic carbocycles. The molecule has 2 rings (SSSR count). The molecule has 0 spiro atoms. The van der Waals surface area contributed by atoms with Crippen LogP contribution in [0.25, 0.3) is 0 Å². The topological polar surface area (TPSA) is 69.2 Å². The summed E-state index contributed by atoms with van der Waals surface area (Å²) in [5, 5.41) is 4.42. The van der Waals surface area contributed by atoms with Gasteiger partial charge in [0.05, 0.1) is 31.6 Å². The average Bonchev–Trinajstić information content (AvgIpc) is 2.63. The third-order valence-electron chi connectivity index (χ3n) is 3.36. The minimum absolute atomic E-state index is 0.357. The van der Waals surface area contributed by atoms with Crippen LogP contribution in [0.4, 0.5) is 0 Å². The van der Waals surface area contributed by atoms with Gasteiger partial charge in [-0.15, -0.1) is 0 Å². The molecule has 6 nitrogen and oxygen atoms in total. The van der Waals surface area contributed by atoms with Crippen molar-refractivity contribution < 1.29 is 19.0 Å². The van der Waals surface area contributed by atoms with E-state index in [1.54, 1.807) is 43.5 Å². The molecule has 0 radical (unpaired) electrons. The molecule has 1 amide bonds. The number of benzene rings is 2. The number of carbonyl (C=O) groups is 1. The molecule has 0 aliphatic rings. The first-order valence-electron chi connectivity index (χ1n) is 8.15. The number of hydrogen-bond donors (Lipinski definition) is 1. The predicted octanol–water partition coefficient (Wildman–Crippen LogP) is 3.91. The molecule has 2 aromatic rings. The van der Waals surface area contributed by atoms with Crippen LogP contribution in [-0.4, -0.2) is 32.4 Å². The van der Waals surface area contributed by atoms with Crippen molar-refractivity contribution in [2.45, 2.75) is 13.8 Å². The van der Waals surface area contributed by atoms with Crippen LogP contribution in [0.15, 0.2) is 41.5 Å². The molecule has 0 fully saturated rings. The fourth-order valence-corrected chi connectivity index (χ4v) is 2.45. The normalized spacial score (nSPS) is 10.6. The van der Waals surface area contributed by atoms with Crippen LogP contribution in [0, 0.1) is 0 Å². The molecular formula is C19H21ClN2O4. The van der Waals surface area contributed by atoms with E-state index >= 15 is 0 Å². The Morgan fingerprint density at radius 2 is 1.77 bits per heavy atom. The number of hydrogen-bond acceptors (Lipinski definition) is 5. The van der Waals surface area contributed by atoms with Gasteiger partial charge in [-0.1, -0.05) is 11.6 Å². The first kappa shape index (κ1) is 19.6. The Bertz CT molecular complexity index is 793. The Morgan fingerprint density at radius 1 is 1.08 bits per heavy atom. The Hall–Kier alpha value is -2.73. The van der Waals surface area contributed by atoms with Crippen molar-refractivity contribution in [3.8, 4) is 17.2 Å². The fraction of sp³-hybridized carbons (Fsp3) is 0.263. The van der Waals surface area contributed by atoms with Gasteiger partial charge in [0.1, 0.15) is 5.75 Å². The van der Waals surface area contributed by atoms with Crippen LogP contribution in [0.1, 0.15) is 29.8 Å². The lowest BCUT2D eigenvalue weighted by Gasteiger charge is -2.11. The third kappa shape index (κ3) is 5.13. The van der Waals surface area contributed by atoms with Crippen molar-refractivity contribution >= 4 is 23.7 Å². The highest BCUT2D eigenvalue weighted by molar-refractivity contribution is 6.32. The van der Waals surface area contributed by atoms with E-state index in [9.17, 15) is 4.79 Å². The molecule has 138 valence electrons. The van der Waals surface area contributed by atoms with Gasteiger partial charge in [-0.3, -0.25) is 4.79 Å². The summed E-state index contributed by atoms with van der Waals surface area (Å²) in [4.78, 5) is 12.3. The van der Waals surface area contributed by atoms with Crippen molar-refractivity contribution in [2.24, 2.45) is 5.10 Å². The molecular weight excluding hydrogens is 356 g/mol. The summed E-state index contributed by atoms with van der Waals surface area (Å²) in [7, 11) is 1.54. The molecule has 26 heavy (non-hydrogen) atoms. The van der Waals surface area contributed by atoms with Crippen LogP contribution in [0.5, 0.6) is 17.2 Å². The van der Waals surface area contributed by atoms with E-state index in [0.29, 0.717) is 41.0 Å². The molecule has 0 saturated heterocycles. The van der Waals surface area contributed by atoms with Gasteiger partial charge in [-0.2, -0.15) is 5.10 Å². The molecule has 2 aromatic carbocycles. The maximum atomic E-state index is 12.3. The summed E-state index contributed by atoms with van der Waals surface area (Å²) >= 11 is 6.05. The SMILES string of the molecule is CCOc1ccc(C(=O)N/N=C/c2ccc(OC)c(Cl)c2)cc1OCC. The van der Waals surface area contributed by atoms with E-state index < -0.39 is 0 Å². The van der Waals surface area contributed by atoms with Crippen molar-refractivity contribution in [3.05, 3.63) is 52.5 Å². The van der Waals surface area contributed by atoms with Gasteiger partial charge in [0.15, 0.2) is 11.5 Å². The summed E-state index contributed by atoms with van der Waals surface area (Å²) in [5.74, 6) is 1.34. The Balaban J connectivity index is 2.07. The summed E-state index contributed by atoms with van der Waals surface area (Å²) in [6.45, 7) is 4.74. The first-order chi connectivity index (χ1) is 12.6. The van der Waals surface area contributed by atoms with E-state index in [1.165, 1.54) is 6.21 Å². The van der Waals surface area contributed by atoms with E-state index in [2.05, 4.69) is 10.5 Å². The highest BCUT2D eigenvalue weighted by Gasteiger charge is 2.11. The van der Waals surface area contributed by atoms with Gasteiger partial charge in [-0.25, -0.2) is 5.43 Å². The van der Waals surface area contributed by atoms with Crippen molar-refractivity contribution in [3.63, 3.8) is 0 Å². The standard InChI is InChI=1S/C19H21ClN2O4/c1-4-25-17-9-7-14(11-18(17)26-5-2)19(23)22-21-12-13-6-8-16(24-3)15(20)10-13/h6-12H,4-5H2,1-3H3,(H,22,23)/b21-12+. The molecule has 0 heterocycles. The number of hydrazone groups is 1. The molecule has 0 bridgehead atoms. The Labute approximate surface area is 157 Å². The number of amides is 1. The smallest absolute Gasteiger partial charge is 0.271 e. The summed E-state index contributed by atoms with van der Waals surface area (Å²) < 4.78 is 16.1. The second kappa shape index (κ2) is 9.68. The van der Waals surface area contributed by atoms with Crippen LogP contribution in [-0.2, 0) is 0 Å². The zero-order valence-corrected chi connectivity index (χ0v) is 15.7. The fourth-order valence-electron chi connectivity index (χ4n) is 2.19. The third-order valence-corrected chi connectivity index (χ3v) is 3.66. The number of nitrogens with one attached hydrogen (secondary N) is 1. The van der Waals surface area contributed by atoms with Gasteiger partial charge >= 0.3 is 0 Å². The van der Waals surface area contributed by atoms with Gasteiger partial charge in [0.25, 0.3) is 5.91 Å².